The topological polar surface area (TPSA) is 75.6 Å². The third-order valence-corrected chi connectivity index (χ3v) is 3.24. The average Bonchev–Trinajstić information content (AvgIpc) is 2.91. The number of aliphatic carboxylic acids is 1. The third-order valence-electron chi connectivity index (χ3n) is 3.24. The van der Waals surface area contributed by atoms with Gasteiger partial charge in [-0.2, -0.15) is 0 Å². The van der Waals surface area contributed by atoms with Crippen LogP contribution < -0.4 is 5.32 Å². The van der Waals surface area contributed by atoms with Gasteiger partial charge in [0.15, 0.2) is 0 Å². The fraction of sp³-hybridized carbons (Fsp3) is 0.429. The number of hydrogen-bond donors (Lipinski definition) is 2. The van der Waals surface area contributed by atoms with Crippen molar-refractivity contribution < 1.29 is 23.8 Å². The van der Waals surface area contributed by atoms with Crippen LogP contribution in [0.25, 0.3) is 0 Å². The lowest BCUT2D eigenvalue weighted by atomic mass is 10.0. The Balaban J connectivity index is 2.00. The number of benzene rings is 1. The van der Waals surface area contributed by atoms with Crippen LogP contribution >= 0.6 is 0 Å². The molecule has 0 saturated carbocycles. The van der Waals surface area contributed by atoms with Crippen LogP contribution in [0.4, 0.5) is 4.39 Å². The van der Waals surface area contributed by atoms with E-state index < -0.39 is 17.8 Å². The molecular weight excluding hydrogens is 265 g/mol. The molecule has 0 unspecified atom stereocenters. The molecule has 1 aliphatic heterocycles. The Kier molecular flexibility index (Phi) is 4.68. The summed E-state index contributed by atoms with van der Waals surface area (Å²) < 4.78 is 18.2. The standard InChI is InChI=1S/C14H16FNO4/c15-11-3-1-2-9(6-11)7-12(14(18)19)16-13(17)10-4-5-20-8-10/h1-3,6,10,12H,4-5,7-8H2,(H,16,17)(H,18,19)/t10-,12-/m0/s1. The van der Waals surface area contributed by atoms with E-state index in [4.69, 9.17) is 9.84 Å². The molecule has 108 valence electrons. The highest BCUT2D eigenvalue weighted by Gasteiger charge is 2.28. The highest BCUT2D eigenvalue weighted by Crippen LogP contribution is 2.13. The van der Waals surface area contributed by atoms with Gasteiger partial charge in [-0.1, -0.05) is 12.1 Å². The molecule has 20 heavy (non-hydrogen) atoms. The number of ether oxygens (including phenoxy) is 1. The number of hydrogen-bond acceptors (Lipinski definition) is 3. The average molecular weight is 281 g/mol. The zero-order chi connectivity index (χ0) is 14.5. The maximum absolute atomic E-state index is 13.1. The number of halogens is 1. The van der Waals surface area contributed by atoms with Gasteiger partial charge in [-0.15, -0.1) is 0 Å². The van der Waals surface area contributed by atoms with Gasteiger partial charge in [0.25, 0.3) is 0 Å². The molecule has 2 atom stereocenters. The summed E-state index contributed by atoms with van der Waals surface area (Å²) in [6, 6.07) is 4.62. The number of rotatable bonds is 5. The molecule has 1 heterocycles. The molecule has 0 radical (unpaired) electrons. The van der Waals surface area contributed by atoms with Gasteiger partial charge in [-0.25, -0.2) is 9.18 Å². The molecule has 1 aliphatic rings. The van der Waals surface area contributed by atoms with Crippen LogP contribution in [0, 0.1) is 11.7 Å². The van der Waals surface area contributed by atoms with Crippen molar-refractivity contribution in [2.24, 2.45) is 5.92 Å². The molecular formula is C14H16FNO4. The van der Waals surface area contributed by atoms with Crippen LogP contribution in [0.15, 0.2) is 24.3 Å². The van der Waals surface area contributed by atoms with Gasteiger partial charge in [0, 0.05) is 13.0 Å². The van der Waals surface area contributed by atoms with E-state index >= 15 is 0 Å². The molecule has 1 amide bonds. The second-order valence-corrected chi connectivity index (χ2v) is 4.79. The smallest absolute Gasteiger partial charge is 0.326 e. The minimum Gasteiger partial charge on any atom is -0.480 e. The molecule has 2 N–H and O–H groups in total. The van der Waals surface area contributed by atoms with E-state index in [1.165, 1.54) is 18.2 Å². The van der Waals surface area contributed by atoms with E-state index in [0.717, 1.165) is 0 Å². The van der Waals surface area contributed by atoms with E-state index in [1.807, 2.05) is 0 Å². The predicted molar refractivity (Wildman–Crippen MR) is 68.6 cm³/mol. The first-order valence-corrected chi connectivity index (χ1v) is 6.41. The maximum Gasteiger partial charge on any atom is 0.326 e. The van der Waals surface area contributed by atoms with Crippen molar-refractivity contribution in [3.8, 4) is 0 Å². The summed E-state index contributed by atoms with van der Waals surface area (Å²) in [5, 5.41) is 11.6. The molecule has 2 rings (SSSR count). The second kappa shape index (κ2) is 6.47. The molecule has 6 heteroatoms. The fourth-order valence-electron chi connectivity index (χ4n) is 2.13. The van der Waals surface area contributed by atoms with Gasteiger partial charge in [-0.3, -0.25) is 4.79 Å². The van der Waals surface area contributed by atoms with E-state index in [0.29, 0.717) is 25.2 Å². The first kappa shape index (κ1) is 14.5. The van der Waals surface area contributed by atoms with Crippen molar-refractivity contribution in [1.82, 2.24) is 5.32 Å². The summed E-state index contributed by atoms with van der Waals surface area (Å²) in [6.07, 6.45) is 0.643. The van der Waals surface area contributed by atoms with Crippen molar-refractivity contribution in [3.63, 3.8) is 0 Å². The number of carboxylic acid groups (broad SMARTS) is 1. The van der Waals surface area contributed by atoms with Gasteiger partial charge >= 0.3 is 5.97 Å². The fourth-order valence-corrected chi connectivity index (χ4v) is 2.13. The lowest BCUT2D eigenvalue weighted by Gasteiger charge is -2.17. The Labute approximate surface area is 115 Å². The first-order valence-electron chi connectivity index (χ1n) is 6.41. The van der Waals surface area contributed by atoms with Gasteiger partial charge in [-0.05, 0) is 24.1 Å². The van der Waals surface area contributed by atoms with E-state index in [2.05, 4.69) is 5.32 Å². The minimum atomic E-state index is -1.14. The molecule has 1 aromatic carbocycles. The van der Waals surface area contributed by atoms with Crippen LogP contribution in [-0.2, 0) is 20.7 Å². The summed E-state index contributed by atoms with van der Waals surface area (Å²) in [4.78, 5) is 23.1. The van der Waals surface area contributed by atoms with Crippen molar-refractivity contribution in [1.29, 1.82) is 0 Å². The van der Waals surface area contributed by atoms with Crippen LogP contribution in [-0.4, -0.2) is 36.2 Å². The van der Waals surface area contributed by atoms with Gasteiger partial charge in [0.05, 0.1) is 12.5 Å². The van der Waals surface area contributed by atoms with Gasteiger partial charge < -0.3 is 15.2 Å². The summed E-state index contributed by atoms with van der Waals surface area (Å²) in [7, 11) is 0. The van der Waals surface area contributed by atoms with E-state index in [-0.39, 0.29) is 18.2 Å². The first-order chi connectivity index (χ1) is 9.56. The summed E-state index contributed by atoms with van der Waals surface area (Å²) in [5.74, 6) is -2.20. The minimum absolute atomic E-state index is 0.0480. The molecule has 0 aliphatic carbocycles. The number of amides is 1. The maximum atomic E-state index is 13.1. The largest absolute Gasteiger partial charge is 0.480 e. The molecule has 1 saturated heterocycles. The highest BCUT2D eigenvalue weighted by molar-refractivity contribution is 5.85. The third kappa shape index (κ3) is 3.77. The summed E-state index contributed by atoms with van der Waals surface area (Å²) >= 11 is 0. The lowest BCUT2D eigenvalue weighted by molar-refractivity contribution is -0.142. The van der Waals surface area contributed by atoms with Crippen LogP contribution in [0.1, 0.15) is 12.0 Å². The predicted octanol–water partition coefficient (Wildman–Crippen LogP) is 0.974. The van der Waals surface area contributed by atoms with Gasteiger partial charge in [0.1, 0.15) is 11.9 Å². The second-order valence-electron chi connectivity index (χ2n) is 4.79. The summed E-state index contributed by atoms with van der Waals surface area (Å²) in [5.41, 5.74) is 0.528. The normalized spacial score (nSPS) is 19.6. The SMILES string of the molecule is O=C(N[C@@H](Cc1cccc(F)c1)C(=O)O)[C@H]1CCOC1. The Hall–Kier alpha value is -1.95. The molecule has 5 nitrogen and oxygen atoms in total. The van der Waals surface area contributed by atoms with Crippen LogP contribution in [0.5, 0.6) is 0 Å². The molecule has 1 aromatic rings. The van der Waals surface area contributed by atoms with Crippen LogP contribution in [0.2, 0.25) is 0 Å². The van der Waals surface area contributed by atoms with Gasteiger partial charge in [0.2, 0.25) is 5.91 Å². The molecule has 0 bridgehead atoms. The molecule has 0 spiro atoms. The molecule has 1 fully saturated rings. The number of carbonyl (C=O) groups is 2. The quantitative estimate of drug-likeness (QED) is 0.843. The summed E-state index contributed by atoms with van der Waals surface area (Å²) in [6.45, 7) is 0.831. The Morgan fingerprint density at radius 1 is 1.50 bits per heavy atom. The van der Waals surface area contributed by atoms with Crippen LogP contribution in [0.3, 0.4) is 0 Å². The molecule has 0 aromatic heterocycles. The zero-order valence-electron chi connectivity index (χ0n) is 10.8. The monoisotopic (exact) mass is 281 g/mol. The van der Waals surface area contributed by atoms with E-state index in [1.54, 1.807) is 6.07 Å². The van der Waals surface area contributed by atoms with Crippen molar-refractivity contribution in [2.75, 3.05) is 13.2 Å². The number of carboxylic acids is 1. The Morgan fingerprint density at radius 2 is 2.30 bits per heavy atom. The number of nitrogens with one attached hydrogen (secondary N) is 1. The Bertz CT molecular complexity index is 500. The van der Waals surface area contributed by atoms with E-state index in [9.17, 15) is 14.0 Å². The van der Waals surface area contributed by atoms with Crippen molar-refractivity contribution >= 4 is 11.9 Å². The Morgan fingerprint density at radius 3 is 2.90 bits per heavy atom. The number of carbonyl (C=O) groups excluding carboxylic acids is 1. The highest BCUT2D eigenvalue weighted by atomic mass is 19.1. The zero-order valence-corrected chi connectivity index (χ0v) is 10.8. The van der Waals surface area contributed by atoms with Crippen molar-refractivity contribution in [3.05, 3.63) is 35.6 Å². The van der Waals surface area contributed by atoms with Crippen molar-refractivity contribution in [2.45, 2.75) is 18.9 Å². The lowest BCUT2D eigenvalue weighted by Crippen LogP contribution is -2.45.